The number of nitrogens with zero attached hydrogens (tertiary/aromatic N) is 2. The van der Waals surface area contributed by atoms with Crippen LogP contribution in [-0.2, 0) is 17.8 Å². The predicted octanol–water partition coefficient (Wildman–Crippen LogP) is 3.50. The van der Waals surface area contributed by atoms with Crippen LogP contribution in [0.25, 0.3) is 0 Å². The molecule has 1 aromatic rings. The molecule has 18 heavy (non-hydrogen) atoms. The van der Waals surface area contributed by atoms with E-state index in [0.717, 1.165) is 36.0 Å². The molecule has 4 heteroatoms. The summed E-state index contributed by atoms with van der Waals surface area (Å²) < 4.78 is 5.41. The summed E-state index contributed by atoms with van der Waals surface area (Å²) in [5.41, 5.74) is 2.10. The lowest BCUT2D eigenvalue weighted by Crippen LogP contribution is -2.19. The molecule has 0 spiro atoms. The van der Waals surface area contributed by atoms with Gasteiger partial charge in [0, 0.05) is 17.9 Å². The Hall–Kier alpha value is -0.670. The van der Waals surface area contributed by atoms with Crippen LogP contribution in [-0.4, -0.2) is 16.6 Å². The molecular formula is C14H19ClN2O. The Labute approximate surface area is 113 Å². The first kappa shape index (κ1) is 12.4. The topological polar surface area (TPSA) is 35.0 Å². The average molecular weight is 267 g/mol. The molecule has 0 aromatic carbocycles. The van der Waals surface area contributed by atoms with E-state index in [1.807, 2.05) is 0 Å². The summed E-state index contributed by atoms with van der Waals surface area (Å²) in [5, 5.41) is 0.605. The van der Waals surface area contributed by atoms with Gasteiger partial charge >= 0.3 is 0 Å². The molecule has 1 aliphatic heterocycles. The Bertz CT molecular complexity index is 450. The van der Waals surface area contributed by atoms with E-state index in [1.54, 1.807) is 0 Å². The van der Waals surface area contributed by atoms with Crippen molar-refractivity contribution >= 4 is 11.6 Å². The zero-order chi connectivity index (χ0) is 12.5. The molecular weight excluding hydrogens is 248 g/mol. The van der Waals surface area contributed by atoms with Gasteiger partial charge in [-0.25, -0.2) is 9.97 Å². The molecule has 3 rings (SSSR count). The van der Waals surface area contributed by atoms with E-state index in [4.69, 9.17) is 21.3 Å². The molecule has 98 valence electrons. The van der Waals surface area contributed by atoms with E-state index < -0.39 is 0 Å². The van der Waals surface area contributed by atoms with Crippen molar-refractivity contribution in [3.05, 3.63) is 22.2 Å². The van der Waals surface area contributed by atoms with Crippen molar-refractivity contribution in [3.63, 3.8) is 0 Å². The summed E-state index contributed by atoms with van der Waals surface area (Å²) in [5.74, 6) is 2.25. The van der Waals surface area contributed by atoms with Gasteiger partial charge in [-0.05, 0) is 18.8 Å². The van der Waals surface area contributed by atoms with Crippen molar-refractivity contribution < 1.29 is 4.74 Å². The Kier molecular flexibility index (Phi) is 3.53. The first-order valence-corrected chi connectivity index (χ1v) is 7.24. The summed E-state index contributed by atoms with van der Waals surface area (Å²) in [6.07, 6.45) is 5.89. The van der Waals surface area contributed by atoms with Crippen LogP contribution in [0.3, 0.4) is 0 Å². The van der Waals surface area contributed by atoms with Crippen molar-refractivity contribution in [1.29, 1.82) is 0 Å². The van der Waals surface area contributed by atoms with Crippen molar-refractivity contribution in [2.45, 2.75) is 51.6 Å². The molecule has 0 amide bonds. The Morgan fingerprint density at radius 1 is 1.28 bits per heavy atom. The number of hydrogen-bond acceptors (Lipinski definition) is 3. The van der Waals surface area contributed by atoms with Crippen LogP contribution < -0.4 is 0 Å². The molecule has 0 radical (unpaired) electrons. The minimum Gasteiger partial charge on any atom is -0.376 e. The zero-order valence-electron chi connectivity index (χ0n) is 10.8. The maximum Gasteiger partial charge on any atom is 0.138 e. The quantitative estimate of drug-likeness (QED) is 0.730. The third kappa shape index (κ3) is 2.39. The molecule has 0 N–H and O–H groups in total. The second-order valence-electron chi connectivity index (χ2n) is 5.57. The smallest absolute Gasteiger partial charge is 0.138 e. The molecule has 0 saturated heterocycles. The van der Waals surface area contributed by atoms with E-state index in [0.29, 0.717) is 17.7 Å². The first-order valence-electron chi connectivity index (χ1n) is 6.87. The molecule has 1 aliphatic carbocycles. The van der Waals surface area contributed by atoms with Gasteiger partial charge in [0.25, 0.3) is 0 Å². The lowest BCUT2D eigenvalue weighted by molar-refractivity contribution is 0.108. The average Bonchev–Trinajstić information content (AvgIpc) is 2.39. The predicted molar refractivity (Wildman–Crippen MR) is 70.8 cm³/mol. The number of halogens is 1. The maximum atomic E-state index is 6.27. The van der Waals surface area contributed by atoms with Crippen molar-refractivity contribution in [2.24, 2.45) is 5.92 Å². The van der Waals surface area contributed by atoms with Gasteiger partial charge in [-0.3, -0.25) is 0 Å². The molecule has 1 saturated carbocycles. The molecule has 0 bridgehead atoms. The van der Waals surface area contributed by atoms with Gasteiger partial charge in [-0.15, -0.1) is 0 Å². The van der Waals surface area contributed by atoms with Crippen LogP contribution in [0.15, 0.2) is 0 Å². The van der Waals surface area contributed by atoms with Crippen molar-refractivity contribution in [2.75, 3.05) is 6.61 Å². The minimum atomic E-state index is 0.499. The SMILES string of the molecule is CC1CCCC(c2nc(Cl)c3c(n2)CCOC3)C1. The van der Waals surface area contributed by atoms with Gasteiger partial charge in [0.15, 0.2) is 0 Å². The summed E-state index contributed by atoms with van der Waals surface area (Å²) >= 11 is 6.27. The lowest BCUT2D eigenvalue weighted by atomic mass is 9.82. The Morgan fingerprint density at radius 3 is 3.00 bits per heavy atom. The molecule has 1 fully saturated rings. The van der Waals surface area contributed by atoms with E-state index in [1.165, 1.54) is 25.7 Å². The highest BCUT2D eigenvalue weighted by Crippen LogP contribution is 2.35. The van der Waals surface area contributed by atoms with Gasteiger partial charge in [0.2, 0.25) is 0 Å². The van der Waals surface area contributed by atoms with Crippen LogP contribution in [0, 0.1) is 5.92 Å². The van der Waals surface area contributed by atoms with E-state index in [-0.39, 0.29) is 0 Å². The fourth-order valence-corrected chi connectivity index (χ4v) is 3.31. The van der Waals surface area contributed by atoms with Crippen molar-refractivity contribution in [1.82, 2.24) is 9.97 Å². The Balaban J connectivity index is 1.90. The van der Waals surface area contributed by atoms with Gasteiger partial charge in [-0.1, -0.05) is 31.4 Å². The number of fused-ring (bicyclic) bond motifs is 1. The molecule has 2 unspecified atom stereocenters. The van der Waals surface area contributed by atoms with E-state index in [9.17, 15) is 0 Å². The second kappa shape index (κ2) is 5.14. The minimum absolute atomic E-state index is 0.499. The number of hydrogen-bond donors (Lipinski definition) is 0. The molecule has 2 heterocycles. The highest BCUT2D eigenvalue weighted by atomic mass is 35.5. The van der Waals surface area contributed by atoms with Crippen LogP contribution in [0.1, 0.15) is 55.6 Å². The fraction of sp³-hybridized carbons (Fsp3) is 0.714. The third-order valence-electron chi connectivity index (χ3n) is 4.09. The second-order valence-corrected chi connectivity index (χ2v) is 5.93. The standard InChI is InChI=1S/C14H19ClN2O/c1-9-3-2-4-10(7-9)14-16-12-5-6-18-8-11(12)13(15)17-14/h9-10H,2-8H2,1H3. The van der Waals surface area contributed by atoms with Crippen LogP contribution in [0.2, 0.25) is 5.15 Å². The first-order chi connectivity index (χ1) is 8.74. The largest absolute Gasteiger partial charge is 0.376 e. The molecule has 3 nitrogen and oxygen atoms in total. The Morgan fingerprint density at radius 2 is 2.17 bits per heavy atom. The van der Waals surface area contributed by atoms with Crippen LogP contribution in [0.4, 0.5) is 0 Å². The zero-order valence-corrected chi connectivity index (χ0v) is 11.5. The summed E-state index contributed by atoms with van der Waals surface area (Å²) in [6, 6.07) is 0. The maximum absolute atomic E-state index is 6.27. The normalized spacial score (nSPS) is 27.9. The highest BCUT2D eigenvalue weighted by molar-refractivity contribution is 6.30. The number of rotatable bonds is 1. The van der Waals surface area contributed by atoms with E-state index in [2.05, 4.69) is 11.9 Å². The molecule has 2 aliphatic rings. The van der Waals surface area contributed by atoms with Gasteiger partial charge in [0.05, 0.1) is 18.9 Å². The summed E-state index contributed by atoms with van der Waals surface area (Å²) in [7, 11) is 0. The van der Waals surface area contributed by atoms with Crippen LogP contribution >= 0.6 is 11.6 Å². The van der Waals surface area contributed by atoms with Gasteiger partial charge in [-0.2, -0.15) is 0 Å². The molecule has 1 aromatic heterocycles. The van der Waals surface area contributed by atoms with E-state index >= 15 is 0 Å². The monoisotopic (exact) mass is 266 g/mol. The lowest BCUT2D eigenvalue weighted by Gasteiger charge is -2.27. The van der Waals surface area contributed by atoms with Gasteiger partial charge in [0.1, 0.15) is 11.0 Å². The fourth-order valence-electron chi connectivity index (χ4n) is 3.06. The molecule has 2 atom stereocenters. The third-order valence-corrected chi connectivity index (χ3v) is 4.40. The van der Waals surface area contributed by atoms with Crippen molar-refractivity contribution in [3.8, 4) is 0 Å². The summed E-state index contributed by atoms with van der Waals surface area (Å²) in [6.45, 7) is 3.64. The number of aromatic nitrogens is 2. The number of ether oxygens (including phenoxy) is 1. The summed E-state index contributed by atoms with van der Waals surface area (Å²) in [4.78, 5) is 9.28. The highest BCUT2D eigenvalue weighted by Gasteiger charge is 2.25. The van der Waals surface area contributed by atoms with Gasteiger partial charge < -0.3 is 4.74 Å². The van der Waals surface area contributed by atoms with Crippen LogP contribution in [0.5, 0.6) is 0 Å².